The fraction of sp³-hybridized carbons (Fsp3) is 0. The van der Waals surface area contributed by atoms with Crippen LogP contribution in [0.25, 0.3) is 10.8 Å². The largest absolute Gasteiger partial charge is 0.456 e. The van der Waals surface area contributed by atoms with Crippen molar-refractivity contribution < 1.29 is 9.53 Å². The number of benzene rings is 2. The highest BCUT2D eigenvalue weighted by Crippen LogP contribution is 2.26. The van der Waals surface area contributed by atoms with E-state index in [4.69, 9.17) is 10.5 Å². The van der Waals surface area contributed by atoms with Crippen molar-refractivity contribution in [3.8, 4) is 11.5 Å². The first-order chi connectivity index (χ1) is 10.1. The summed E-state index contributed by atoms with van der Waals surface area (Å²) in [6.45, 7) is 0. The van der Waals surface area contributed by atoms with E-state index in [1.54, 1.807) is 30.3 Å². The van der Waals surface area contributed by atoms with E-state index < -0.39 is 5.91 Å². The Morgan fingerprint density at radius 3 is 2.57 bits per heavy atom. The number of aromatic amines is 1. The number of ether oxygens (including phenoxy) is 1. The van der Waals surface area contributed by atoms with Crippen molar-refractivity contribution in [3.05, 3.63) is 70.6 Å². The molecule has 0 saturated heterocycles. The molecule has 1 heterocycles. The number of carbonyl (C=O) groups excluding carboxylic acids is 1. The number of primary amides is 1. The van der Waals surface area contributed by atoms with Crippen LogP contribution in [0.2, 0.25) is 0 Å². The Bertz CT molecular complexity index is 864. The zero-order chi connectivity index (χ0) is 14.8. The van der Waals surface area contributed by atoms with Crippen LogP contribution >= 0.6 is 0 Å². The molecule has 0 bridgehead atoms. The number of pyridine rings is 1. The van der Waals surface area contributed by atoms with E-state index in [1.807, 2.05) is 12.1 Å². The Morgan fingerprint density at radius 2 is 1.86 bits per heavy atom. The van der Waals surface area contributed by atoms with Crippen molar-refractivity contribution >= 4 is 16.7 Å². The number of hydrogen-bond donors (Lipinski definition) is 2. The predicted octanol–water partition coefficient (Wildman–Crippen LogP) is 2.42. The maximum atomic E-state index is 11.4. The highest BCUT2D eigenvalue weighted by molar-refractivity contribution is 6.06. The minimum atomic E-state index is -0.463. The van der Waals surface area contributed by atoms with Crippen LogP contribution in [0.15, 0.2) is 59.5 Å². The molecule has 1 aromatic heterocycles. The molecule has 0 atom stereocenters. The average molecular weight is 280 g/mol. The van der Waals surface area contributed by atoms with Crippen LogP contribution in [-0.2, 0) is 0 Å². The van der Waals surface area contributed by atoms with Gasteiger partial charge in [0.2, 0.25) is 11.5 Å². The van der Waals surface area contributed by atoms with Crippen LogP contribution in [0.4, 0.5) is 0 Å². The highest BCUT2D eigenvalue weighted by atomic mass is 16.5. The average Bonchev–Trinajstić information content (AvgIpc) is 2.48. The van der Waals surface area contributed by atoms with Gasteiger partial charge in [-0.2, -0.15) is 0 Å². The Labute approximate surface area is 120 Å². The molecule has 104 valence electrons. The molecule has 0 aliphatic carbocycles. The van der Waals surface area contributed by atoms with Gasteiger partial charge in [0.25, 0.3) is 0 Å². The molecule has 0 aliphatic rings. The lowest BCUT2D eigenvalue weighted by Crippen LogP contribution is -2.11. The van der Waals surface area contributed by atoms with Gasteiger partial charge in [-0.15, -0.1) is 0 Å². The molecule has 21 heavy (non-hydrogen) atoms. The second-order valence-electron chi connectivity index (χ2n) is 4.54. The molecule has 0 spiro atoms. The molecule has 0 unspecified atom stereocenters. The molecule has 5 nitrogen and oxygen atoms in total. The maximum Gasteiger partial charge on any atom is 0.249 e. The predicted molar refractivity (Wildman–Crippen MR) is 79.6 cm³/mol. The van der Waals surface area contributed by atoms with E-state index in [0.717, 1.165) is 10.8 Å². The zero-order valence-electron chi connectivity index (χ0n) is 11.0. The van der Waals surface area contributed by atoms with E-state index in [2.05, 4.69) is 4.98 Å². The number of nitrogens with two attached hydrogens (primary N) is 1. The lowest BCUT2D eigenvalue weighted by molar-refractivity contribution is 0.100. The summed E-state index contributed by atoms with van der Waals surface area (Å²) >= 11 is 0. The van der Waals surface area contributed by atoms with Gasteiger partial charge in [-0.3, -0.25) is 9.59 Å². The van der Waals surface area contributed by atoms with Crippen molar-refractivity contribution in [2.24, 2.45) is 5.73 Å². The standard InChI is InChI=1S/C16H12N2O3/c17-16(20)14-3-1-2-10-8-11(4-6-13(10)14)21-12-5-7-15(19)18-9-12/h1-9H,(H2,17,20)(H,18,19). The molecule has 5 heteroatoms. The van der Waals surface area contributed by atoms with E-state index in [-0.39, 0.29) is 5.56 Å². The number of hydrogen-bond acceptors (Lipinski definition) is 3. The molecular formula is C16H12N2O3. The van der Waals surface area contributed by atoms with Gasteiger partial charge in [0.15, 0.2) is 0 Å². The first kappa shape index (κ1) is 12.9. The minimum Gasteiger partial charge on any atom is -0.456 e. The van der Waals surface area contributed by atoms with E-state index in [0.29, 0.717) is 17.1 Å². The van der Waals surface area contributed by atoms with Crippen LogP contribution < -0.4 is 16.0 Å². The van der Waals surface area contributed by atoms with Crippen molar-refractivity contribution in [2.75, 3.05) is 0 Å². The topological polar surface area (TPSA) is 85.2 Å². The van der Waals surface area contributed by atoms with Crippen molar-refractivity contribution in [3.63, 3.8) is 0 Å². The van der Waals surface area contributed by atoms with Crippen LogP contribution in [0.1, 0.15) is 10.4 Å². The summed E-state index contributed by atoms with van der Waals surface area (Å²) in [5.41, 5.74) is 5.64. The van der Waals surface area contributed by atoms with Gasteiger partial charge in [0.05, 0.1) is 0 Å². The monoisotopic (exact) mass is 280 g/mol. The number of rotatable bonds is 3. The molecule has 3 N–H and O–H groups in total. The Hall–Kier alpha value is -3.08. The zero-order valence-corrected chi connectivity index (χ0v) is 11.0. The van der Waals surface area contributed by atoms with Crippen molar-refractivity contribution in [1.82, 2.24) is 4.98 Å². The fourth-order valence-corrected chi connectivity index (χ4v) is 2.14. The Morgan fingerprint density at radius 1 is 1.05 bits per heavy atom. The summed E-state index contributed by atoms with van der Waals surface area (Å²) in [6.07, 6.45) is 1.49. The highest BCUT2D eigenvalue weighted by Gasteiger charge is 2.07. The summed E-state index contributed by atoms with van der Waals surface area (Å²) in [5, 5.41) is 1.63. The molecule has 3 rings (SSSR count). The van der Waals surface area contributed by atoms with Gasteiger partial charge in [0, 0.05) is 17.8 Å². The summed E-state index contributed by atoms with van der Waals surface area (Å²) in [6, 6.07) is 13.7. The van der Waals surface area contributed by atoms with Gasteiger partial charge < -0.3 is 15.5 Å². The van der Waals surface area contributed by atoms with E-state index >= 15 is 0 Å². The Kier molecular flexibility index (Phi) is 3.16. The maximum absolute atomic E-state index is 11.4. The third-order valence-electron chi connectivity index (χ3n) is 3.11. The Balaban J connectivity index is 2.00. The molecule has 0 fully saturated rings. The number of amides is 1. The number of H-pyrrole nitrogens is 1. The number of aromatic nitrogens is 1. The lowest BCUT2D eigenvalue weighted by Gasteiger charge is -2.08. The number of carbonyl (C=O) groups is 1. The van der Waals surface area contributed by atoms with Gasteiger partial charge in [-0.05, 0) is 41.1 Å². The summed E-state index contributed by atoms with van der Waals surface area (Å²) < 4.78 is 5.66. The third-order valence-corrected chi connectivity index (χ3v) is 3.11. The first-order valence-electron chi connectivity index (χ1n) is 6.33. The van der Waals surface area contributed by atoms with Gasteiger partial charge in [-0.1, -0.05) is 12.1 Å². The molecule has 0 saturated carbocycles. The van der Waals surface area contributed by atoms with Gasteiger partial charge in [0.1, 0.15) is 11.5 Å². The SMILES string of the molecule is NC(=O)c1cccc2cc(Oc3ccc(=O)[nH]c3)ccc12. The van der Waals surface area contributed by atoms with Crippen molar-refractivity contribution in [2.45, 2.75) is 0 Å². The van der Waals surface area contributed by atoms with E-state index in [1.165, 1.54) is 12.3 Å². The number of nitrogens with one attached hydrogen (secondary N) is 1. The molecule has 1 amide bonds. The second kappa shape index (κ2) is 5.13. The quantitative estimate of drug-likeness (QED) is 0.772. The van der Waals surface area contributed by atoms with Gasteiger partial charge >= 0.3 is 0 Å². The first-order valence-corrected chi connectivity index (χ1v) is 6.33. The van der Waals surface area contributed by atoms with Crippen LogP contribution in [-0.4, -0.2) is 10.9 Å². The lowest BCUT2D eigenvalue weighted by atomic mass is 10.0. The minimum absolute atomic E-state index is 0.188. The third kappa shape index (κ3) is 2.62. The molecule has 3 aromatic rings. The molecule has 0 aliphatic heterocycles. The van der Waals surface area contributed by atoms with Crippen LogP contribution in [0, 0.1) is 0 Å². The molecular weight excluding hydrogens is 268 g/mol. The normalized spacial score (nSPS) is 10.5. The van der Waals surface area contributed by atoms with Crippen LogP contribution in [0.5, 0.6) is 11.5 Å². The fourth-order valence-electron chi connectivity index (χ4n) is 2.14. The molecule has 0 radical (unpaired) electrons. The van der Waals surface area contributed by atoms with Gasteiger partial charge in [-0.25, -0.2) is 0 Å². The summed E-state index contributed by atoms with van der Waals surface area (Å²) in [4.78, 5) is 24.9. The summed E-state index contributed by atoms with van der Waals surface area (Å²) in [5.74, 6) is 0.672. The van der Waals surface area contributed by atoms with Crippen molar-refractivity contribution in [1.29, 1.82) is 0 Å². The van der Waals surface area contributed by atoms with E-state index in [9.17, 15) is 9.59 Å². The second-order valence-corrected chi connectivity index (χ2v) is 4.54. The smallest absolute Gasteiger partial charge is 0.249 e. The molecule has 2 aromatic carbocycles. The summed E-state index contributed by atoms with van der Waals surface area (Å²) in [7, 11) is 0. The van der Waals surface area contributed by atoms with Crippen LogP contribution in [0.3, 0.4) is 0 Å². The number of fused-ring (bicyclic) bond motifs is 1.